The van der Waals surface area contributed by atoms with Gasteiger partial charge in [-0.25, -0.2) is 4.98 Å². The lowest BCUT2D eigenvalue weighted by atomic mass is 10.3. The van der Waals surface area contributed by atoms with E-state index in [2.05, 4.69) is 31.0 Å². The minimum absolute atomic E-state index is 0.182. The van der Waals surface area contributed by atoms with Crippen molar-refractivity contribution in [2.24, 2.45) is 0 Å². The van der Waals surface area contributed by atoms with Crippen LogP contribution in [-0.4, -0.2) is 25.2 Å². The molecule has 2 rings (SSSR count). The van der Waals surface area contributed by atoms with E-state index in [1.165, 1.54) is 18.4 Å². The van der Waals surface area contributed by atoms with E-state index in [4.69, 9.17) is 4.74 Å². The molecule has 7 heteroatoms. The Balaban J connectivity index is 2.06. The fraction of sp³-hybridized carbons (Fsp3) is 0.231. The van der Waals surface area contributed by atoms with E-state index >= 15 is 0 Å². The molecule has 1 heterocycles. The molecule has 0 atom stereocenters. The van der Waals surface area contributed by atoms with Gasteiger partial charge in [-0.15, -0.1) is 11.3 Å². The van der Waals surface area contributed by atoms with Crippen LogP contribution in [0.25, 0.3) is 0 Å². The number of halogens is 1. The molecule has 0 aliphatic rings. The topological polar surface area (TPSA) is 60.5 Å². The van der Waals surface area contributed by atoms with E-state index in [9.17, 15) is 4.79 Å². The van der Waals surface area contributed by atoms with Crippen LogP contribution in [0.1, 0.15) is 5.69 Å². The zero-order valence-corrected chi connectivity index (χ0v) is 13.4. The molecule has 1 N–H and O–H groups in total. The number of nitrogens with one attached hydrogen (secondary N) is 1. The molecular weight excluding hydrogens is 344 g/mol. The highest BCUT2D eigenvalue weighted by atomic mass is 79.9. The first kappa shape index (κ1) is 14.8. The number of anilines is 2. The monoisotopic (exact) mass is 356 g/mol. The summed E-state index contributed by atoms with van der Waals surface area (Å²) >= 11 is 4.86. The Morgan fingerprint density at radius 2 is 2.25 bits per heavy atom. The first-order chi connectivity index (χ1) is 9.62. The molecule has 1 aromatic carbocycles. The number of rotatable bonds is 5. The average Bonchev–Trinajstić information content (AvgIpc) is 2.86. The van der Waals surface area contributed by atoms with Gasteiger partial charge in [-0.3, -0.25) is 4.79 Å². The Morgan fingerprint density at radius 1 is 1.45 bits per heavy atom. The Morgan fingerprint density at radius 3 is 2.90 bits per heavy atom. The van der Waals surface area contributed by atoms with Gasteiger partial charge in [0.1, 0.15) is 5.75 Å². The third-order valence-corrected chi connectivity index (χ3v) is 3.93. The minimum atomic E-state index is -0.297. The van der Waals surface area contributed by atoms with Gasteiger partial charge in [0.2, 0.25) is 0 Å². The van der Waals surface area contributed by atoms with Crippen LogP contribution in [0.2, 0.25) is 0 Å². The minimum Gasteiger partial charge on any atom is -0.496 e. The molecule has 0 aliphatic heterocycles. The van der Waals surface area contributed by atoms with Gasteiger partial charge in [-0.1, -0.05) is 0 Å². The molecule has 0 saturated carbocycles. The lowest BCUT2D eigenvalue weighted by molar-refractivity contribution is -0.139. The number of nitrogens with zero attached hydrogens (tertiary/aromatic N) is 1. The molecular formula is C13H13BrN2O3S. The van der Waals surface area contributed by atoms with Crippen molar-refractivity contribution < 1.29 is 14.3 Å². The van der Waals surface area contributed by atoms with Gasteiger partial charge in [0.25, 0.3) is 0 Å². The van der Waals surface area contributed by atoms with Crippen molar-refractivity contribution in [3.05, 3.63) is 33.7 Å². The molecule has 0 unspecified atom stereocenters. The van der Waals surface area contributed by atoms with Gasteiger partial charge < -0.3 is 14.8 Å². The second-order valence-electron chi connectivity index (χ2n) is 3.87. The predicted molar refractivity (Wildman–Crippen MR) is 81.8 cm³/mol. The Kier molecular flexibility index (Phi) is 4.97. The van der Waals surface area contributed by atoms with Gasteiger partial charge >= 0.3 is 5.97 Å². The van der Waals surface area contributed by atoms with E-state index in [0.717, 1.165) is 21.0 Å². The standard InChI is InChI=1S/C13H13BrN2O3S/c1-18-11-4-3-8(5-10(11)14)15-13-16-9(7-20-13)6-12(17)19-2/h3-5,7H,6H2,1-2H3,(H,15,16). The number of hydrogen-bond acceptors (Lipinski definition) is 6. The number of carbonyl (C=O) groups is 1. The normalized spacial score (nSPS) is 10.2. The molecule has 0 bridgehead atoms. The molecule has 2 aromatic rings. The number of esters is 1. The van der Waals surface area contributed by atoms with E-state index < -0.39 is 0 Å². The zero-order valence-electron chi connectivity index (χ0n) is 11.0. The molecule has 0 saturated heterocycles. The summed E-state index contributed by atoms with van der Waals surface area (Å²) in [6.07, 6.45) is 0.182. The van der Waals surface area contributed by atoms with Gasteiger partial charge in [0, 0.05) is 11.1 Å². The Bertz CT molecular complexity index is 615. The number of hydrogen-bond donors (Lipinski definition) is 1. The second kappa shape index (κ2) is 6.71. The number of methoxy groups -OCH3 is 2. The summed E-state index contributed by atoms with van der Waals surface area (Å²) in [7, 11) is 2.98. The fourth-order valence-corrected chi connectivity index (χ4v) is 2.80. The molecule has 0 aliphatic carbocycles. The maximum atomic E-state index is 11.2. The fourth-order valence-electron chi connectivity index (χ4n) is 1.53. The molecule has 1 aromatic heterocycles. The summed E-state index contributed by atoms with van der Waals surface area (Å²) in [6.45, 7) is 0. The van der Waals surface area contributed by atoms with Crippen molar-refractivity contribution >= 4 is 44.1 Å². The van der Waals surface area contributed by atoms with Crippen molar-refractivity contribution in [3.8, 4) is 5.75 Å². The van der Waals surface area contributed by atoms with Crippen molar-refractivity contribution in [2.75, 3.05) is 19.5 Å². The summed E-state index contributed by atoms with van der Waals surface area (Å²) < 4.78 is 10.6. The van der Waals surface area contributed by atoms with Crippen molar-refractivity contribution in [1.29, 1.82) is 0 Å². The quantitative estimate of drug-likeness (QED) is 0.832. The molecule has 0 fully saturated rings. The number of aromatic nitrogens is 1. The van der Waals surface area contributed by atoms with Crippen LogP contribution >= 0.6 is 27.3 Å². The first-order valence-electron chi connectivity index (χ1n) is 5.74. The van der Waals surface area contributed by atoms with Crippen LogP contribution < -0.4 is 10.1 Å². The van der Waals surface area contributed by atoms with Gasteiger partial charge in [0.15, 0.2) is 5.13 Å². The molecule has 0 amide bonds. The van der Waals surface area contributed by atoms with Crippen LogP contribution in [0.15, 0.2) is 28.1 Å². The maximum Gasteiger partial charge on any atom is 0.311 e. The molecule has 0 radical (unpaired) electrons. The summed E-state index contributed by atoms with van der Waals surface area (Å²) in [4.78, 5) is 15.5. The van der Waals surface area contributed by atoms with Crippen LogP contribution in [0.5, 0.6) is 5.75 Å². The first-order valence-corrected chi connectivity index (χ1v) is 7.41. The third kappa shape index (κ3) is 3.71. The highest BCUT2D eigenvalue weighted by Crippen LogP contribution is 2.30. The van der Waals surface area contributed by atoms with Crippen molar-refractivity contribution in [3.63, 3.8) is 0 Å². The number of ether oxygens (including phenoxy) is 2. The van der Waals surface area contributed by atoms with Gasteiger partial charge in [0.05, 0.1) is 30.8 Å². The van der Waals surface area contributed by atoms with Crippen molar-refractivity contribution in [2.45, 2.75) is 6.42 Å². The Hall–Kier alpha value is -1.60. The number of benzene rings is 1. The van der Waals surface area contributed by atoms with Crippen molar-refractivity contribution in [1.82, 2.24) is 4.98 Å². The lowest BCUT2D eigenvalue weighted by Gasteiger charge is -2.06. The number of thiazole rings is 1. The summed E-state index contributed by atoms with van der Waals surface area (Å²) in [5.41, 5.74) is 1.58. The van der Waals surface area contributed by atoms with Crippen LogP contribution in [0.3, 0.4) is 0 Å². The van der Waals surface area contributed by atoms with Crippen LogP contribution in [0.4, 0.5) is 10.8 Å². The molecule has 106 valence electrons. The molecule has 5 nitrogen and oxygen atoms in total. The van der Waals surface area contributed by atoms with Gasteiger partial charge in [-0.05, 0) is 34.1 Å². The van der Waals surface area contributed by atoms with Gasteiger partial charge in [-0.2, -0.15) is 0 Å². The highest BCUT2D eigenvalue weighted by molar-refractivity contribution is 9.10. The smallest absolute Gasteiger partial charge is 0.311 e. The zero-order chi connectivity index (χ0) is 14.5. The largest absolute Gasteiger partial charge is 0.496 e. The Labute approximate surface area is 129 Å². The second-order valence-corrected chi connectivity index (χ2v) is 5.58. The summed E-state index contributed by atoms with van der Waals surface area (Å²) in [5, 5.41) is 5.73. The average molecular weight is 357 g/mol. The lowest BCUT2D eigenvalue weighted by Crippen LogP contribution is -2.04. The third-order valence-electron chi connectivity index (χ3n) is 2.51. The van der Waals surface area contributed by atoms with E-state index in [0.29, 0.717) is 5.69 Å². The van der Waals surface area contributed by atoms with E-state index in [1.54, 1.807) is 7.11 Å². The highest BCUT2D eigenvalue weighted by Gasteiger charge is 2.08. The predicted octanol–water partition coefficient (Wildman–Crippen LogP) is 3.37. The SMILES string of the molecule is COC(=O)Cc1csc(Nc2ccc(OC)c(Br)c2)n1. The van der Waals surface area contributed by atoms with E-state index in [1.807, 2.05) is 23.6 Å². The number of carbonyl (C=O) groups excluding carboxylic acids is 1. The summed E-state index contributed by atoms with van der Waals surface area (Å²) in [5.74, 6) is 0.468. The molecule has 0 spiro atoms. The van der Waals surface area contributed by atoms with E-state index in [-0.39, 0.29) is 12.4 Å². The van der Waals surface area contributed by atoms with Crippen LogP contribution in [-0.2, 0) is 16.0 Å². The summed E-state index contributed by atoms with van der Waals surface area (Å²) in [6, 6.07) is 5.65. The van der Waals surface area contributed by atoms with Crippen LogP contribution in [0, 0.1) is 0 Å². The maximum absolute atomic E-state index is 11.2. The molecule has 20 heavy (non-hydrogen) atoms.